The minimum Gasteiger partial charge on any atom is -0.497 e. The van der Waals surface area contributed by atoms with Crippen LogP contribution >= 0.6 is 11.3 Å². The molecule has 1 aromatic heterocycles. The summed E-state index contributed by atoms with van der Waals surface area (Å²) < 4.78 is 5.14. The molecule has 1 N–H and O–H groups in total. The largest absolute Gasteiger partial charge is 0.497 e. The van der Waals surface area contributed by atoms with Gasteiger partial charge in [-0.05, 0) is 38.5 Å². The number of hydrogen-bond donors (Lipinski definition) is 1. The van der Waals surface area contributed by atoms with Gasteiger partial charge in [-0.3, -0.25) is 10.1 Å². The number of thiophene rings is 1. The minimum absolute atomic E-state index is 0.0132. The molecule has 1 unspecified atom stereocenters. The quantitative estimate of drug-likeness (QED) is 0.654. The van der Waals surface area contributed by atoms with Crippen molar-refractivity contribution in [2.24, 2.45) is 0 Å². The number of aryl methyl sites for hydroxylation is 2. The normalized spacial score (nSPS) is 12.0. The van der Waals surface area contributed by atoms with Crippen LogP contribution in [0.4, 0.5) is 11.4 Å². The number of nitrogens with one attached hydrogen (secondary N) is 1. The highest BCUT2D eigenvalue weighted by atomic mass is 32.1. The lowest BCUT2D eigenvalue weighted by Gasteiger charge is -2.16. The molecule has 1 aromatic carbocycles. The van der Waals surface area contributed by atoms with E-state index in [1.54, 1.807) is 30.6 Å². The number of nitro groups is 1. The summed E-state index contributed by atoms with van der Waals surface area (Å²) in [7, 11) is 1.54. The van der Waals surface area contributed by atoms with Gasteiger partial charge in [0.2, 0.25) is 0 Å². The molecule has 0 spiro atoms. The number of rotatable bonds is 5. The number of nitrogens with zero attached hydrogens (tertiary/aromatic N) is 1. The molecule has 6 heteroatoms. The van der Waals surface area contributed by atoms with E-state index in [4.69, 9.17) is 4.74 Å². The van der Waals surface area contributed by atoms with Gasteiger partial charge in [0.25, 0.3) is 5.69 Å². The van der Waals surface area contributed by atoms with E-state index in [0.717, 1.165) is 5.56 Å². The monoisotopic (exact) mass is 306 g/mol. The maximum absolute atomic E-state index is 11.1. The molecule has 0 bridgehead atoms. The molecule has 0 saturated carbocycles. The number of benzene rings is 1. The molecule has 112 valence electrons. The summed E-state index contributed by atoms with van der Waals surface area (Å²) in [5.74, 6) is 0.591. The number of hydrogen-bond acceptors (Lipinski definition) is 5. The van der Waals surface area contributed by atoms with Gasteiger partial charge in [-0.1, -0.05) is 0 Å². The molecule has 0 aliphatic carbocycles. The summed E-state index contributed by atoms with van der Waals surface area (Å²) in [6.45, 7) is 6.12. The molecule has 1 atom stereocenters. The molecule has 0 aliphatic heterocycles. The van der Waals surface area contributed by atoms with E-state index >= 15 is 0 Å². The molecule has 5 nitrogen and oxygen atoms in total. The van der Waals surface area contributed by atoms with Crippen molar-refractivity contribution in [2.45, 2.75) is 26.8 Å². The fourth-order valence-electron chi connectivity index (χ4n) is 2.31. The highest BCUT2D eigenvalue weighted by molar-refractivity contribution is 7.12. The third-order valence-electron chi connectivity index (χ3n) is 3.32. The Morgan fingerprint density at radius 1 is 1.33 bits per heavy atom. The second kappa shape index (κ2) is 6.13. The first-order chi connectivity index (χ1) is 9.92. The second-order valence-corrected chi connectivity index (χ2v) is 6.34. The lowest BCUT2D eigenvalue weighted by atomic mass is 10.1. The molecular formula is C15H18N2O3S. The molecule has 0 amide bonds. The molecule has 0 saturated heterocycles. The maximum atomic E-state index is 11.1. The maximum Gasteiger partial charge on any atom is 0.292 e. The molecule has 2 rings (SSSR count). The van der Waals surface area contributed by atoms with Gasteiger partial charge in [-0.2, -0.15) is 0 Å². The van der Waals surface area contributed by atoms with Crippen molar-refractivity contribution in [3.8, 4) is 5.75 Å². The number of nitro benzene ring substituents is 1. The van der Waals surface area contributed by atoms with Crippen molar-refractivity contribution in [1.29, 1.82) is 0 Å². The third-order valence-corrected chi connectivity index (χ3v) is 4.30. The second-order valence-electron chi connectivity index (χ2n) is 4.87. The Morgan fingerprint density at radius 3 is 2.57 bits per heavy atom. The Balaban J connectivity index is 2.33. The zero-order valence-corrected chi connectivity index (χ0v) is 13.3. The zero-order chi connectivity index (χ0) is 15.6. The molecule has 1 heterocycles. The van der Waals surface area contributed by atoms with Gasteiger partial charge in [0.05, 0.1) is 12.0 Å². The number of anilines is 1. The van der Waals surface area contributed by atoms with E-state index in [9.17, 15) is 10.1 Å². The summed E-state index contributed by atoms with van der Waals surface area (Å²) in [6.07, 6.45) is 0. The SMILES string of the molecule is COc1ccc([N+](=O)[O-])c(NC(C)c2cc(C)sc2C)c1. The van der Waals surface area contributed by atoms with E-state index in [0.29, 0.717) is 11.4 Å². The molecule has 2 aromatic rings. The molecule has 21 heavy (non-hydrogen) atoms. The van der Waals surface area contributed by atoms with E-state index in [2.05, 4.69) is 25.2 Å². The fourth-order valence-corrected chi connectivity index (χ4v) is 3.33. The molecule has 0 radical (unpaired) electrons. The van der Waals surface area contributed by atoms with Crippen molar-refractivity contribution >= 4 is 22.7 Å². The highest BCUT2D eigenvalue weighted by Crippen LogP contribution is 2.34. The first kappa shape index (κ1) is 15.3. The van der Waals surface area contributed by atoms with Crippen LogP contribution in [-0.2, 0) is 0 Å². The third kappa shape index (κ3) is 3.33. The van der Waals surface area contributed by atoms with Crippen molar-refractivity contribution in [1.82, 2.24) is 0 Å². The lowest BCUT2D eigenvalue weighted by molar-refractivity contribution is -0.384. The number of ether oxygens (including phenoxy) is 1. The smallest absolute Gasteiger partial charge is 0.292 e. The van der Waals surface area contributed by atoms with Gasteiger partial charge in [-0.15, -0.1) is 11.3 Å². The van der Waals surface area contributed by atoms with Crippen LogP contribution in [0.25, 0.3) is 0 Å². The average molecular weight is 306 g/mol. The Bertz CT molecular complexity index is 667. The molecule has 0 fully saturated rings. The highest BCUT2D eigenvalue weighted by Gasteiger charge is 2.18. The van der Waals surface area contributed by atoms with E-state index in [-0.39, 0.29) is 16.7 Å². The van der Waals surface area contributed by atoms with Crippen LogP contribution in [0.1, 0.15) is 28.3 Å². The number of methoxy groups -OCH3 is 1. The first-order valence-electron chi connectivity index (χ1n) is 6.58. The average Bonchev–Trinajstić information content (AvgIpc) is 2.77. The molecular weight excluding hydrogens is 288 g/mol. The predicted molar refractivity (Wildman–Crippen MR) is 85.5 cm³/mol. The predicted octanol–water partition coefficient (Wildman–Crippen LogP) is 4.45. The minimum atomic E-state index is -0.389. The summed E-state index contributed by atoms with van der Waals surface area (Å²) >= 11 is 1.73. The molecule has 0 aliphatic rings. The van der Waals surface area contributed by atoms with Crippen LogP contribution in [0, 0.1) is 24.0 Å². The summed E-state index contributed by atoms with van der Waals surface area (Å²) in [4.78, 5) is 13.2. The summed E-state index contributed by atoms with van der Waals surface area (Å²) in [5.41, 5.74) is 1.68. The van der Waals surface area contributed by atoms with Crippen LogP contribution in [0.5, 0.6) is 5.75 Å². The van der Waals surface area contributed by atoms with Crippen LogP contribution in [0.3, 0.4) is 0 Å². The van der Waals surface area contributed by atoms with Crippen molar-refractivity contribution in [3.05, 3.63) is 49.7 Å². The van der Waals surface area contributed by atoms with Crippen molar-refractivity contribution in [3.63, 3.8) is 0 Å². The standard InChI is InChI=1S/C15H18N2O3S/c1-9-7-13(11(3)21-9)10(2)16-14-8-12(20-4)5-6-15(14)17(18)19/h5-8,10,16H,1-4H3. The van der Waals surface area contributed by atoms with Gasteiger partial charge in [0.15, 0.2) is 0 Å². The topological polar surface area (TPSA) is 64.4 Å². The first-order valence-corrected chi connectivity index (χ1v) is 7.40. The van der Waals surface area contributed by atoms with E-state index < -0.39 is 0 Å². The summed E-state index contributed by atoms with van der Waals surface area (Å²) in [6, 6.07) is 6.81. The van der Waals surface area contributed by atoms with Gasteiger partial charge in [0.1, 0.15) is 11.4 Å². The Hall–Kier alpha value is -2.08. The Morgan fingerprint density at radius 2 is 2.05 bits per heavy atom. The lowest BCUT2D eigenvalue weighted by Crippen LogP contribution is -2.08. The van der Waals surface area contributed by atoms with E-state index in [1.165, 1.54) is 15.8 Å². The van der Waals surface area contributed by atoms with Gasteiger partial charge >= 0.3 is 0 Å². The van der Waals surface area contributed by atoms with E-state index in [1.807, 2.05) is 6.92 Å². The summed E-state index contributed by atoms with van der Waals surface area (Å²) in [5, 5.41) is 14.4. The van der Waals surface area contributed by atoms with Crippen LogP contribution < -0.4 is 10.1 Å². The van der Waals surface area contributed by atoms with Gasteiger partial charge in [-0.25, -0.2) is 0 Å². The van der Waals surface area contributed by atoms with Gasteiger partial charge in [0, 0.05) is 27.9 Å². The van der Waals surface area contributed by atoms with Crippen molar-refractivity contribution in [2.75, 3.05) is 12.4 Å². The van der Waals surface area contributed by atoms with Crippen molar-refractivity contribution < 1.29 is 9.66 Å². The zero-order valence-electron chi connectivity index (χ0n) is 12.5. The Kier molecular flexibility index (Phi) is 4.47. The van der Waals surface area contributed by atoms with Crippen LogP contribution in [0.2, 0.25) is 0 Å². The van der Waals surface area contributed by atoms with Gasteiger partial charge < -0.3 is 10.1 Å². The van der Waals surface area contributed by atoms with Crippen LogP contribution in [-0.4, -0.2) is 12.0 Å². The van der Waals surface area contributed by atoms with Crippen LogP contribution in [0.15, 0.2) is 24.3 Å². The Labute approximate surface area is 127 Å². The fraction of sp³-hybridized carbons (Fsp3) is 0.333.